The van der Waals surface area contributed by atoms with Crippen molar-refractivity contribution in [1.29, 1.82) is 0 Å². The Labute approximate surface area is 122 Å². The highest BCUT2D eigenvalue weighted by Gasteiger charge is 2.10. The lowest BCUT2D eigenvalue weighted by molar-refractivity contribution is -0.160. The van der Waals surface area contributed by atoms with Gasteiger partial charge in [0.25, 0.3) is 0 Å². The third kappa shape index (κ3) is 18.0. The second kappa shape index (κ2) is 14.4. The molecule has 0 unspecified atom stereocenters. The minimum Gasteiger partial charge on any atom is -0.481 e. The van der Waals surface area contributed by atoms with Gasteiger partial charge in [0, 0.05) is 25.7 Å². The van der Waals surface area contributed by atoms with E-state index in [0.717, 1.165) is 0 Å². The molecule has 0 aliphatic heterocycles. The zero-order valence-electron chi connectivity index (χ0n) is 12.0. The molecule has 8 N–H and O–H groups in total. The molecule has 0 heterocycles. The topological polar surface area (TPSA) is 188 Å². The smallest absolute Gasteiger partial charge is 0.313 e. The molecular formula is C12H24N2O7. The first-order chi connectivity index (χ1) is 8.91. The van der Waals surface area contributed by atoms with Gasteiger partial charge in [-0.2, -0.15) is 0 Å². The Bertz CT molecular complexity index is 312. The van der Waals surface area contributed by atoms with Crippen LogP contribution in [0.2, 0.25) is 0 Å². The lowest BCUT2D eigenvalue weighted by Crippen LogP contribution is -2.12. The fourth-order valence-electron chi connectivity index (χ4n) is 1.32. The van der Waals surface area contributed by atoms with Gasteiger partial charge >= 0.3 is 23.9 Å². The fourth-order valence-corrected chi connectivity index (χ4v) is 1.32. The summed E-state index contributed by atoms with van der Waals surface area (Å²) in [5.74, 6) is -3.20. The summed E-state index contributed by atoms with van der Waals surface area (Å²) in [6.07, 6.45) is 1.42. The molecule has 21 heavy (non-hydrogen) atoms. The van der Waals surface area contributed by atoms with Gasteiger partial charge in [-0.15, -0.1) is 0 Å². The van der Waals surface area contributed by atoms with Gasteiger partial charge in [0.05, 0.1) is 0 Å². The van der Waals surface area contributed by atoms with E-state index in [1.54, 1.807) is 0 Å². The fraction of sp³-hybridized carbons (Fsp3) is 0.667. The molecule has 0 aromatic rings. The van der Waals surface area contributed by atoms with Gasteiger partial charge in [0.2, 0.25) is 0 Å². The molecule has 0 fully saturated rings. The van der Waals surface area contributed by atoms with Crippen LogP contribution in [0.5, 0.6) is 0 Å². The number of esters is 2. The van der Waals surface area contributed by atoms with Gasteiger partial charge in [-0.3, -0.25) is 19.2 Å². The molecule has 0 saturated carbocycles. The van der Waals surface area contributed by atoms with E-state index in [2.05, 4.69) is 4.74 Å². The van der Waals surface area contributed by atoms with Crippen molar-refractivity contribution in [1.82, 2.24) is 12.3 Å². The summed E-state index contributed by atoms with van der Waals surface area (Å²) in [4.78, 5) is 42.7. The summed E-state index contributed by atoms with van der Waals surface area (Å²) >= 11 is 0. The van der Waals surface area contributed by atoms with Crippen LogP contribution in [-0.4, -0.2) is 34.1 Å². The molecule has 9 nitrogen and oxygen atoms in total. The van der Waals surface area contributed by atoms with Crippen LogP contribution in [-0.2, 0) is 23.9 Å². The third-order valence-corrected chi connectivity index (χ3v) is 2.27. The van der Waals surface area contributed by atoms with Crippen molar-refractivity contribution >= 4 is 23.9 Å². The predicted octanol–water partition coefficient (Wildman–Crippen LogP) is 1.67. The number of rotatable bonds is 10. The first kappa shape index (κ1) is 24.0. The molecule has 0 amide bonds. The standard InChI is InChI=1S/C12H18O7.2H3N/c13-9(14)5-1-3-7-11(17)19-12(18)8-4-2-6-10(15)16;;/h1-8H2,(H,13,14)(H,15,16);2*1H3. The van der Waals surface area contributed by atoms with Crippen LogP contribution in [0.15, 0.2) is 0 Å². The number of aliphatic carboxylic acids is 2. The van der Waals surface area contributed by atoms with Crippen molar-refractivity contribution in [2.45, 2.75) is 51.4 Å². The Balaban J connectivity index is -0.00000162. The monoisotopic (exact) mass is 308 g/mol. The van der Waals surface area contributed by atoms with Crippen molar-refractivity contribution in [2.75, 3.05) is 0 Å². The number of carboxylic acid groups (broad SMARTS) is 2. The molecular weight excluding hydrogens is 284 g/mol. The van der Waals surface area contributed by atoms with Crippen LogP contribution in [0.3, 0.4) is 0 Å². The molecule has 0 aromatic carbocycles. The molecule has 0 rings (SSSR count). The summed E-state index contributed by atoms with van der Waals surface area (Å²) in [6.45, 7) is 0. The lowest BCUT2D eigenvalue weighted by Gasteiger charge is -2.02. The maximum atomic E-state index is 11.2. The molecule has 0 aliphatic carbocycles. The highest BCUT2D eigenvalue weighted by Crippen LogP contribution is 2.05. The van der Waals surface area contributed by atoms with Crippen molar-refractivity contribution in [3.8, 4) is 0 Å². The second-order valence-corrected chi connectivity index (χ2v) is 4.05. The summed E-state index contributed by atoms with van der Waals surface area (Å²) in [5.41, 5.74) is 0. The molecule has 0 aliphatic rings. The lowest BCUT2D eigenvalue weighted by atomic mass is 10.2. The normalized spacial score (nSPS) is 8.95. The van der Waals surface area contributed by atoms with Crippen LogP contribution >= 0.6 is 0 Å². The molecule has 0 atom stereocenters. The highest BCUT2D eigenvalue weighted by molar-refractivity contribution is 5.85. The molecule has 0 saturated heterocycles. The van der Waals surface area contributed by atoms with Crippen LogP contribution in [0.25, 0.3) is 0 Å². The maximum absolute atomic E-state index is 11.2. The number of hydrogen-bond donors (Lipinski definition) is 4. The van der Waals surface area contributed by atoms with Crippen molar-refractivity contribution in [3.05, 3.63) is 0 Å². The largest absolute Gasteiger partial charge is 0.481 e. The molecule has 0 bridgehead atoms. The average molecular weight is 308 g/mol. The zero-order valence-corrected chi connectivity index (χ0v) is 12.0. The van der Waals surface area contributed by atoms with Crippen LogP contribution in [0, 0.1) is 0 Å². The van der Waals surface area contributed by atoms with Crippen LogP contribution in [0.4, 0.5) is 0 Å². The summed E-state index contributed by atoms with van der Waals surface area (Å²) in [5, 5.41) is 16.7. The maximum Gasteiger partial charge on any atom is 0.313 e. The number of ether oxygens (including phenoxy) is 1. The van der Waals surface area contributed by atoms with E-state index in [0.29, 0.717) is 25.7 Å². The van der Waals surface area contributed by atoms with E-state index in [-0.39, 0.29) is 38.0 Å². The van der Waals surface area contributed by atoms with Gasteiger partial charge in [-0.1, -0.05) is 0 Å². The van der Waals surface area contributed by atoms with Gasteiger partial charge in [-0.05, 0) is 25.7 Å². The number of carboxylic acids is 2. The Morgan fingerprint density at radius 3 is 1.19 bits per heavy atom. The second-order valence-electron chi connectivity index (χ2n) is 4.05. The number of carbonyl (C=O) groups is 4. The summed E-state index contributed by atoms with van der Waals surface area (Å²) in [6, 6.07) is 0. The summed E-state index contributed by atoms with van der Waals surface area (Å²) < 4.78 is 4.49. The molecule has 9 heteroatoms. The minimum absolute atomic E-state index is 0. The molecule has 0 radical (unpaired) electrons. The molecule has 124 valence electrons. The van der Waals surface area contributed by atoms with Crippen LogP contribution < -0.4 is 12.3 Å². The van der Waals surface area contributed by atoms with E-state index in [9.17, 15) is 19.2 Å². The SMILES string of the molecule is N.N.O=C(O)CCCCC(=O)OC(=O)CCCCC(=O)O. The quantitative estimate of drug-likeness (QED) is 0.264. The highest BCUT2D eigenvalue weighted by atomic mass is 16.6. The van der Waals surface area contributed by atoms with E-state index in [4.69, 9.17) is 10.2 Å². The summed E-state index contributed by atoms with van der Waals surface area (Å²) in [7, 11) is 0. The van der Waals surface area contributed by atoms with Crippen LogP contribution in [0.1, 0.15) is 51.4 Å². The Kier molecular flexibility index (Phi) is 16.5. The van der Waals surface area contributed by atoms with Crippen molar-refractivity contribution in [3.63, 3.8) is 0 Å². The zero-order chi connectivity index (χ0) is 14.7. The van der Waals surface area contributed by atoms with Gasteiger partial charge < -0.3 is 27.3 Å². The number of unbranched alkanes of at least 4 members (excludes halogenated alkanes) is 2. The Hall–Kier alpha value is -2.00. The van der Waals surface area contributed by atoms with E-state index < -0.39 is 23.9 Å². The van der Waals surface area contributed by atoms with Crippen molar-refractivity contribution < 1.29 is 34.1 Å². The predicted molar refractivity (Wildman–Crippen MR) is 73.4 cm³/mol. The van der Waals surface area contributed by atoms with Crippen molar-refractivity contribution in [2.24, 2.45) is 0 Å². The first-order valence-electron chi connectivity index (χ1n) is 6.09. The Morgan fingerprint density at radius 1 is 0.619 bits per heavy atom. The first-order valence-corrected chi connectivity index (χ1v) is 6.09. The number of hydrogen-bond acceptors (Lipinski definition) is 7. The van der Waals surface area contributed by atoms with E-state index >= 15 is 0 Å². The van der Waals surface area contributed by atoms with E-state index in [1.807, 2.05) is 0 Å². The molecule has 0 aromatic heterocycles. The Morgan fingerprint density at radius 2 is 0.905 bits per heavy atom. The number of carbonyl (C=O) groups excluding carboxylic acids is 2. The van der Waals surface area contributed by atoms with Gasteiger partial charge in [-0.25, -0.2) is 0 Å². The third-order valence-electron chi connectivity index (χ3n) is 2.27. The minimum atomic E-state index is -0.928. The average Bonchev–Trinajstić information content (AvgIpc) is 2.30. The van der Waals surface area contributed by atoms with Gasteiger partial charge in [0.1, 0.15) is 0 Å². The van der Waals surface area contributed by atoms with E-state index in [1.165, 1.54) is 0 Å². The van der Waals surface area contributed by atoms with Gasteiger partial charge in [0.15, 0.2) is 0 Å². The molecule has 0 spiro atoms.